The molecule has 0 N–H and O–H groups in total. The topological polar surface area (TPSA) is 36.9 Å². The molecule has 1 heterocycles. The number of hydrogen-bond donors (Lipinski definition) is 0. The quantitative estimate of drug-likeness (QED) is 0.667. The second kappa shape index (κ2) is 4.62. The summed E-state index contributed by atoms with van der Waals surface area (Å²) in [4.78, 5) is 0. The number of benzene rings is 2. The predicted molar refractivity (Wildman–Crippen MR) is 75.7 cm³/mol. The van der Waals surface area contributed by atoms with Crippen LogP contribution in [0.15, 0.2) is 52.9 Å². The van der Waals surface area contributed by atoms with E-state index in [1.54, 1.807) is 0 Å². The molecule has 0 aliphatic rings. The fourth-order valence-electron chi connectivity index (χ4n) is 2.19. The minimum atomic E-state index is 0.682. The van der Waals surface area contributed by atoms with Gasteiger partial charge < -0.3 is 4.42 Å². The fourth-order valence-corrected chi connectivity index (χ4v) is 2.19. The van der Waals surface area contributed by atoms with Crippen LogP contribution in [-0.4, -0.2) is 0 Å². The molecule has 2 nitrogen and oxygen atoms in total. The van der Waals surface area contributed by atoms with E-state index < -0.39 is 0 Å². The number of hydrogen-bond acceptors (Lipinski definition) is 2. The first kappa shape index (κ1) is 11.6. The molecule has 92 valence electrons. The lowest BCUT2D eigenvalue weighted by atomic mass is 10.0. The molecular formula is C17H13NO. The minimum absolute atomic E-state index is 0.682. The summed E-state index contributed by atoms with van der Waals surface area (Å²) in [5, 5.41) is 9.93. The van der Waals surface area contributed by atoms with Crippen molar-refractivity contribution >= 4 is 11.0 Å². The molecule has 0 unspecified atom stereocenters. The van der Waals surface area contributed by atoms with Crippen molar-refractivity contribution in [2.24, 2.45) is 0 Å². The lowest BCUT2D eigenvalue weighted by Crippen LogP contribution is -1.78. The van der Waals surface area contributed by atoms with Gasteiger partial charge in [-0.25, -0.2) is 0 Å². The number of rotatable bonds is 2. The number of nitrogens with zero attached hydrogens (tertiary/aromatic N) is 1. The Labute approximate surface area is 111 Å². The van der Waals surface area contributed by atoms with Crippen LogP contribution in [0, 0.1) is 11.3 Å². The molecule has 0 bridgehead atoms. The maximum Gasteiger partial charge on any atom is 0.134 e. The van der Waals surface area contributed by atoms with E-state index >= 15 is 0 Å². The first-order chi connectivity index (χ1) is 9.30. The van der Waals surface area contributed by atoms with Crippen LogP contribution in [0.4, 0.5) is 0 Å². The van der Waals surface area contributed by atoms with Crippen molar-refractivity contribution in [3.8, 4) is 17.2 Å². The highest BCUT2D eigenvalue weighted by Gasteiger charge is 2.04. The van der Waals surface area contributed by atoms with Gasteiger partial charge >= 0.3 is 0 Å². The van der Waals surface area contributed by atoms with Gasteiger partial charge in [-0.15, -0.1) is 0 Å². The number of nitriles is 1. The van der Waals surface area contributed by atoms with Gasteiger partial charge in [0.25, 0.3) is 0 Å². The lowest BCUT2D eigenvalue weighted by Gasteiger charge is -2.01. The van der Waals surface area contributed by atoms with E-state index in [0.29, 0.717) is 5.56 Å². The van der Waals surface area contributed by atoms with Gasteiger partial charge in [-0.05, 0) is 41.5 Å². The monoisotopic (exact) mass is 247 g/mol. The standard InChI is InChI=1S/C17H13NO/c1-2-16-10-15-9-14(7-8-17(15)19-16)13-5-3-12(11-18)4-6-13/h3-10H,2H2,1H3. The molecule has 19 heavy (non-hydrogen) atoms. The number of aryl methyl sites for hydroxylation is 1. The number of furan rings is 1. The highest BCUT2D eigenvalue weighted by atomic mass is 16.3. The SMILES string of the molecule is CCc1cc2cc(-c3ccc(C#N)cc3)ccc2o1. The summed E-state index contributed by atoms with van der Waals surface area (Å²) in [7, 11) is 0. The van der Waals surface area contributed by atoms with Crippen LogP contribution >= 0.6 is 0 Å². The molecule has 0 saturated heterocycles. The zero-order valence-electron chi connectivity index (χ0n) is 10.7. The highest BCUT2D eigenvalue weighted by Crippen LogP contribution is 2.27. The summed E-state index contributed by atoms with van der Waals surface area (Å²) in [5.74, 6) is 1.01. The Balaban J connectivity index is 2.06. The van der Waals surface area contributed by atoms with Gasteiger partial charge in [-0.3, -0.25) is 0 Å². The second-order valence-corrected chi connectivity index (χ2v) is 4.51. The summed E-state index contributed by atoms with van der Waals surface area (Å²) in [6.45, 7) is 2.08. The summed E-state index contributed by atoms with van der Waals surface area (Å²) in [6.07, 6.45) is 0.904. The van der Waals surface area contributed by atoms with Crippen LogP contribution in [0.25, 0.3) is 22.1 Å². The van der Waals surface area contributed by atoms with Crippen LogP contribution in [0.1, 0.15) is 18.2 Å². The van der Waals surface area contributed by atoms with Gasteiger partial charge in [-0.2, -0.15) is 5.26 Å². The third-order valence-electron chi connectivity index (χ3n) is 3.26. The van der Waals surface area contributed by atoms with Gasteiger partial charge in [0.05, 0.1) is 11.6 Å². The first-order valence-corrected chi connectivity index (χ1v) is 6.33. The molecule has 0 fully saturated rings. The molecule has 2 aromatic carbocycles. The Morgan fingerprint density at radius 1 is 1.00 bits per heavy atom. The Hall–Kier alpha value is -2.53. The molecule has 0 saturated carbocycles. The van der Waals surface area contributed by atoms with Crippen molar-refractivity contribution in [2.45, 2.75) is 13.3 Å². The molecule has 0 amide bonds. The fraction of sp³-hybridized carbons (Fsp3) is 0.118. The largest absolute Gasteiger partial charge is 0.461 e. The van der Waals surface area contributed by atoms with Crippen molar-refractivity contribution in [1.29, 1.82) is 5.26 Å². The lowest BCUT2D eigenvalue weighted by molar-refractivity contribution is 0.557. The third-order valence-corrected chi connectivity index (χ3v) is 3.26. The zero-order chi connectivity index (χ0) is 13.2. The van der Waals surface area contributed by atoms with Crippen LogP contribution < -0.4 is 0 Å². The molecule has 0 radical (unpaired) electrons. The average molecular weight is 247 g/mol. The van der Waals surface area contributed by atoms with Crippen LogP contribution in [-0.2, 0) is 6.42 Å². The second-order valence-electron chi connectivity index (χ2n) is 4.51. The van der Waals surface area contributed by atoms with Crippen molar-refractivity contribution < 1.29 is 4.42 Å². The third kappa shape index (κ3) is 2.11. The molecule has 1 aromatic heterocycles. The summed E-state index contributed by atoms with van der Waals surface area (Å²) in [5.41, 5.74) is 3.86. The normalized spacial score (nSPS) is 10.5. The molecule has 3 rings (SSSR count). The van der Waals surface area contributed by atoms with E-state index in [1.165, 1.54) is 0 Å². The maximum atomic E-state index is 8.81. The zero-order valence-corrected chi connectivity index (χ0v) is 10.7. The first-order valence-electron chi connectivity index (χ1n) is 6.33. The van der Waals surface area contributed by atoms with E-state index in [1.807, 2.05) is 36.4 Å². The van der Waals surface area contributed by atoms with Crippen LogP contribution in [0.5, 0.6) is 0 Å². The predicted octanol–water partition coefficient (Wildman–Crippen LogP) is 4.53. The minimum Gasteiger partial charge on any atom is -0.461 e. The molecule has 0 atom stereocenters. The van der Waals surface area contributed by atoms with E-state index in [2.05, 4.69) is 25.1 Å². The van der Waals surface area contributed by atoms with E-state index in [9.17, 15) is 0 Å². The van der Waals surface area contributed by atoms with Crippen molar-refractivity contribution in [3.63, 3.8) is 0 Å². The number of fused-ring (bicyclic) bond motifs is 1. The van der Waals surface area contributed by atoms with Crippen LogP contribution in [0.3, 0.4) is 0 Å². The Bertz CT molecular complexity index is 760. The van der Waals surface area contributed by atoms with Gasteiger partial charge in [0.2, 0.25) is 0 Å². The van der Waals surface area contributed by atoms with Gasteiger partial charge in [-0.1, -0.05) is 25.1 Å². The maximum absolute atomic E-state index is 8.81. The molecule has 2 heteroatoms. The summed E-state index contributed by atoms with van der Waals surface area (Å²) >= 11 is 0. The molecular weight excluding hydrogens is 234 g/mol. The van der Waals surface area contributed by atoms with Crippen LogP contribution in [0.2, 0.25) is 0 Å². The smallest absolute Gasteiger partial charge is 0.134 e. The van der Waals surface area contributed by atoms with Crippen molar-refractivity contribution in [2.75, 3.05) is 0 Å². The van der Waals surface area contributed by atoms with Crippen molar-refractivity contribution in [3.05, 3.63) is 59.9 Å². The van der Waals surface area contributed by atoms with Crippen molar-refractivity contribution in [1.82, 2.24) is 0 Å². The Morgan fingerprint density at radius 3 is 2.42 bits per heavy atom. The Morgan fingerprint density at radius 2 is 1.74 bits per heavy atom. The molecule has 3 aromatic rings. The Kier molecular flexibility index (Phi) is 2.81. The summed E-state index contributed by atoms with van der Waals surface area (Å²) in [6, 6.07) is 18.0. The summed E-state index contributed by atoms with van der Waals surface area (Å²) < 4.78 is 5.70. The van der Waals surface area contributed by atoms with Gasteiger partial charge in [0, 0.05) is 11.8 Å². The molecule has 0 spiro atoms. The average Bonchev–Trinajstić information content (AvgIpc) is 2.89. The van der Waals surface area contributed by atoms with Gasteiger partial charge in [0.1, 0.15) is 11.3 Å². The van der Waals surface area contributed by atoms with Gasteiger partial charge in [0.15, 0.2) is 0 Å². The molecule has 0 aliphatic carbocycles. The highest BCUT2D eigenvalue weighted by molar-refractivity contribution is 5.84. The van der Waals surface area contributed by atoms with E-state index in [4.69, 9.17) is 9.68 Å². The van der Waals surface area contributed by atoms with E-state index in [0.717, 1.165) is 34.3 Å². The van der Waals surface area contributed by atoms with E-state index in [-0.39, 0.29) is 0 Å². The molecule has 0 aliphatic heterocycles.